The highest BCUT2D eigenvalue weighted by Crippen LogP contribution is 2.19. The van der Waals surface area contributed by atoms with Gasteiger partial charge in [-0.25, -0.2) is 0 Å². The maximum absolute atomic E-state index is 3.59. The van der Waals surface area contributed by atoms with Gasteiger partial charge in [-0.05, 0) is 31.0 Å². The SMILES string of the molecule is CN1CCNC(CCN(C)c2cccs2)C1. The van der Waals surface area contributed by atoms with E-state index in [1.165, 1.54) is 24.5 Å². The Kier molecular flexibility index (Phi) is 4.21. The Bertz CT molecular complexity index is 299. The van der Waals surface area contributed by atoms with Crippen LogP contribution in [0.5, 0.6) is 0 Å². The predicted molar refractivity (Wildman–Crippen MR) is 71.5 cm³/mol. The van der Waals surface area contributed by atoms with E-state index in [-0.39, 0.29) is 0 Å². The summed E-state index contributed by atoms with van der Waals surface area (Å²) < 4.78 is 0. The molecule has 0 aromatic carbocycles. The second-order valence-electron chi connectivity index (χ2n) is 4.57. The largest absolute Gasteiger partial charge is 0.366 e. The van der Waals surface area contributed by atoms with Gasteiger partial charge in [0.1, 0.15) is 0 Å². The van der Waals surface area contributed by atoms with Gasteiger partial charge in [0.2, 0.25) is 0 Å². The summed E-state index contributed by atoms with van der Waals surface area (Å²) in [7, 11) is 4.38. The Hall–Kier alpha value is -0.580. The lowest BCUT2D eigenvalue weighted by molar-refractivity contribution is 0.233. The molecule has 1 fully saturated rings. The molecule has 1 atom stereocenters. The minimum atomic E-state index is 0.654. The number of nitrogens with one attached hydrogen (secondary N) is 1. The topological polar surface area (TPSA) is 18.5 Å². The molecule has 2 heterocycles. The van der Waals surface area contributed by atoms with E-state index in [0.29, 0.717) is 6.04 Å². The van der Waals surface area contributed by atoms with Crippen molar-refractivity contribution in [3.05, 3.63) is 17.5 Å². The molecule has 1 aliphatic rings. The number of piperazine rings is 1. The van der Waals surface area contributed by atoms with Crippen LogP contribution in [0.3, 0.4) is 0 Å². The van der Waals surface area contributed by atoms with Crippen molar-refractivity contribution < 1.29 is 0 Å². The molecule has 1 N–H and O–H groups in total. The van der Waals surface area contributed by atoms with Gasteiger partial charge in [-0.15, -0.1) is 11.3 Å². The Balaban J connectivity index is 1.74. The summed E-state index contributed by atoms with van der Waals surface area (Å²) >= 11 is 1.81. The number of thiophene rings is 1. The summed E-state index contributed by atoms with van der Waals surface area (Å²) in [5.74, 6) is 0. The van der Waals surface area contributed by atoms with Gasteiger partial charge in [-0.2, -0.15) is 0 Å². The molecule has 4 heteroatoms. The fourth-order valence-electron chi connectivity index (χ4n) is 2.13. The van der Waals surface area contributed by atoms with Crippen LogP contribution in [0.4, 0.5) is 5.00 Å². The van der Waals surface area contributed by atoms with Crippen molar-refractivity contribution in [2.75, 3.05) is 45.2 Å². The second kappa shape index (κ2) is 5.66. The van der Waals surface area contributed by atoms with Crippen LogP contribution >= 0.6 is 11.3 Å². The molecular weight excluding hydrogens is 218 g/mol. The summed E-state index contributed by atoms with van der Waals surface area (Å²) in [4.78, 5) is 4.76. The van der Waals surface area contributed by atoms with Crippen LogP contribution in [-0.4, -0.2) is 51.2 Å². The van der Waals surface area contributed by atoms with Gasteiger partial charge >= 0.3 is 0 Å². The lowest BCUT2D eigenvalue weighted by Crippen LogP contribution is -2.49. The summed E-state index contributed by atoms with van der Waals surface area (Å²) in [5.41, 5.74) is 0. The molecule has 1 aromatic heterocycles. The van der Waals surface area contributed by atoms with Crippen LogP contribution in [0.2, 0.25) is 0 Å². The number of likely N-dealkylation sites (N-methyl/N-ethyl adjacent to an activating group) is 1. The van der Waals surface area contributed by atoms with Crippen LogP contribution in [0, 0.1) is 0 Å². The highest BCUT2D eigenvalue weighted by Gasteiger charge is 2.16. The van der Waals surface area contributed by atoms with Crippen molar-refractivity contribution in [2.45, 2.75) is 12.5 Å². The van der Waals surface area contributed by atoms with Crippen molar-refractivity contribution in [3.63, 3.8) is 0 Å². The molecule has 1 saturated heterocycles. The quantitative estimate of drug-likeness (QED) is 0.858. The molecule has 1 aromatic rings. The smallest absolute Gasteiger partial charge is 0.0905 e. The average molecular weight is 239 g/mol. The van der Waals surface area contributed by atoms with Gasteiger partial charge in [0, 0.05) is 39.3 Å². The molecule has 16 heavy (non-hydrogen) atoms. The Morgan fingerprint density at radius 2 is 2.50 bits per heavy atom. The zero-order valence-electron chi connectivity index (χ0n) is 10.1. The first-order chi connectivity index (χ1) is 7.75. The second-order valence-corrected chi connectivity index (χ2v) is 5.50. The monoisotopic (exact) mass is 239 g/mol. The molecule has 0 saturated carbocycles. The Morgan fingerprint density at radius 1 is 1.62 bits per heavy atom. The fourth-order valence-corrected chi connectivity index (χ4v) is 2.86. The maximum Gasteiger partial charge on any atom is 0.0905 e. The van der Waals surface area contributed by atoms with Gasteiger partial charge in [0.25, 0.3) is 0 Å². The number of nitrogens with zero attached hydrogens (tertiary/aromatic N) is 2. The number of hydrogen-bond donors (Lipinski definition) is 1. The Labute approximate surface area is 102 Å². The standard InChI is InChI=1S/C12H21N3S/c1-14-8-6-13-11(10-14)5-7-15(2)12-4-3-9-16-12/h3-4,9,11,13H,5-8,10H2,1-2H3. The number of hydrogen-bond acceptors (Lipinski definition) is 4. The summed E-state index contributed by atoms with van der Waals surface area (Å²) in [5, 5.41) is 7.09. The first-order valence-corrected chi connectivity index (χ1v) is 6.80. The molecule has 0 radical (unpaired) electrons. The van der Waals surface area contributed by atoms with E-state index in [0.717, 1.165) is 13.1 Å². The normalized spacial score (nSPS) is 22.2. The van der Waals surface area contributed by atoms with E-state index >= 15 is 0 Å². The van der Waals surface area contributed by atoms with E-state index < -0.39 is 0 Å². The maximum atomic E-state index is 3.59. The molecule has 1 unspecified atom stereocenters. The van der Waals surface area contributed by atoms with Crippen molar-refractivity contribution >= 4 is 16.3 Å². The number of rotatable bonds is 4. The molecule has 3 nitrogen and oxygen atoms in total. The third-order valence-corrected chi connectivity index (χ3v) is 4.14. The lowest BCUT2D eigenvalue weighted by Gasteiger charge is -2.32. The third kappa shape index (κ3) is 3.20. The summed E-state index contributed by atoms with van der Waals surface area (Å²) in [6, 6.07) is 4.95. The van der Waals surface area contributed by atoms with E-state index in [4.69, 9.17) is 0 Å². The molecule has 0 amide bonds. The highest BCUT2D eigenvalue weighted by atomic mass is 32.1. The third-order valence-electron chi connectivity index (χ3n) is 3.15. The number of anilines is 1. The van der Waals surface area contributed by atoms with E-state index in [1.54, 1.807) is 0 Å². The molecule has 0 aliphatic carbocycles. The molecule has 1 aliphatic heterocycles. The summed E-state index contributed by atoms with van der Waals surface area (Å²) in [6.07, 6.45) is 1.22. The zero-order chi connectivity index (χ0) is 11.4. The first-order valence-electron chi connectivity index (χ1n) is 5.92. The van der Waals surface area contributed by atoms with Gasteiger partial charge in [-0.1, -0.05) is 0 Å². The minimum absolute atomic E-state index is 0.654. The first kappa shape index (κ1) is 11.9. The molecular formula is C12H21N3S. The lowest BCUT2D eigenvalue weighted by atomic mass is 10.1. The van der Waals surface area contributed by atoms with Crippen molar-refractivity contribution in [1.82, 2.24) is 10.2 Å². The fraction of sp³-hybridized carbons (Fsp3) is 0.667. The van der Waals surface area contributed by atoms with Crippen LogP contribution in [0.15, 0.2) is 17.5 Å². The van der Waals surface area contributed by atoms with Crippen LogP contribution in [0.1, 0.15) is 6.42 Å². The van der Waals surface area contributed by atoms with Crippen molar-refractivity contribution in [1.29, 1.82) is 0 Å². The van der Waals surface area contributed by atoms with Crippen molar-refractivity contribution in [3.8, 4) is 0 Å². The van der Waals surface area contributed by atoms with Gasteiger partial charge in [-0.3, -0.25) is 0 Å². The summed E-state index contributed by atoms with van der Waals surface area (Å²) in [6.45, 7) is 4.62. The highest BCUT2D eigenvalue weighted by molar-refractivity contribution is 7.14. The Morgan fingerprint density at radius 3 is 3.19 bits per heavy atom. The van der Waals surface area contributed by atoms with Gasteiger partial charge in [0.15, 0.2) is 0 Å². The van der Waals surface area contributed by atoms with Crippen molar-refractivity contribution in [2.24, 2.45) is 0 Å². The molecule has 0 spiro atoms. The molecule has 2 rings (SSSR count). The van der Waals surface area contributed by atoms with Crippen LogP contribution in [0.25, 0.3) is 0 Å². The zero-order valence-corrected chi connectivity index (χ0v) is 11.0. The van der Waals surface area contributed by atoms with E-state index in [1.807, 2.05) is 11.3 Å². The van der Waals surface area contributed by atoms with Gasteiger partial charge in [0.05, 0.1) is 5.00 Å². The predicted octanol–water partition coefficient (Wildman–Crippen LogP) is 1.48. The van der Waals surface area contributed by atoms with E-state index in [2.05, 4.69) is 46.7 Å². The minimum Gasteiger partial charge on any atom is -0.366 e. The van der Waals surface area contributed by atoms with Gasteiger partial charge < -0.3 is 15.1 Å². The average Bonchev–Trinajstić information content (AvgIpc) is 2.79. The van der Waals surface area contributed by atoms with Crippen LogP contribution in [-0.2, 0) is 0 Å². The molecule has 0 bridgehead atoms. The molecule has 90 valence electrons. The van der Waals surface area contributed by atoms with E-state index in [9.17, 15) is 0 Å². The van der Waals surface area contributed by atoms with Crippen LogP contribution < -0.4 is 10.2 Å².